The highest BCUT2D eigenvalue weighted by molar-refractivity contribution is 7.09. The van der Waals surface area contributed by atoms with E-state index < -0.39 is 0 Å². The van der Waals surface area contributed by atoms with Crippen molar-refractivity contribution < 1.29 is 4.79 Å². The summed E-state index contributed by atoms with van der Waals surface area (Å²) in [5.74, 6) is -0.0787. The zero-order chi connectivity index (χ0) is 13.8. The minimum Gasteiger partial charge on any atom is -0.376 e. The molecule has 1 unspecified atom stereocenters. The highest BCUT2D eigenvalue weighted by Gasteiger charge is 2.11. The molecule has 0 saturated heterocycles. The molecule has 1 aromatic heterocycles. The van der Waals surface area contributed by atoms with Gasteiger partial charge in [-0.15, -0.1) is 11.3 Å². The molecule has 1 amide bonds. The van der Waals surface area contributed by atoms with Crippen LogP contribution in [0.1, 0.15) is 33.9 Å². The second-order valence-corrected chi connectivity index (χ2v) is 5.27. The molecule has 2 rings (SSSR count). The Bertz CT molecular complexity index is 566. The molecule has 5 heteroatoms. The number of thiazole rings is 1. The van der Waals surface area contributed by atoms with Gasteiger partial charge < -0.3 is 10.6 Å². The molecule has 0 fully saturated rings. The normalized spacial score (nSPS) is 11.9. The number of benzene rings is 1. The van der Waals surface area contributed by atoms with E-state index in [4.69, 9.17) is 0 Å². The summed E-state index contributed by atoms with van der Waals surface area (Å²) in [6.45, 7) is 4.08. The lowest BCUT2D eigenvalue weighted by atomic mass is 10.1. The molecule has 0 saturated carbocycles. The second-order valence-electron chi connectivity index (χ2n) is 4.35. The number of anilines is 1. The predicted molar refractivity (Wildman–Crippen MR) is 78.7 cm³/mol. The number of aromatic nitrogens is 1. The summed E-state index contributed by atoms with van der Waals surface area (Å²) in [5.41, 5.74) is 2.72. The molecule has 1 aromatic carbocycles. The number of carbonyl (C=O) groups is 1. The molecule has 0 radical (unpaired) electrons. The number of hydrogen-bond acceptors (Lipinski definition) is 4. The Morgan fingerprint density at radius 1 is 1.42 bits per heavy atom. The predicted octanol–water partition coefficient (Wildman–Crippen LogP) is 2.98. The maximum absolute atomic E-state index is 11.6. The minimum atomic E-state index is -0.0787. The number of aryl methyl sites for hydroxylation is 1. The highest BCUT2D eigenvalue weighted by Crippen LogP contribution is 2.24. The number of hydrogen-bond donors (Lipinski definition) is 2. The van der Waals surface area contributed by atoms with Crippen molar-refractivity contribution >= 4 is 22.9 Å². The van der Waals surface area contributed by atoms with Crippen molar-refractivity contribution in [3.8, 4) is 0 Å². The van der Waals surface area contributed by atoms with Crippen LogP contribution in [0.5, 0.6) is 0 Å². The van der Waals surface area contributed by atoms with Crippen molar-refractivity contribution in [2.45, 2.75) is 19.9 Å². The van der Waals surface area contributed by atoms with Gasteiger partial charge in [0, 0.05) is 29.9 Å². The minimum absolute atomic E-state index is 0.0787. The molecule has 1 heterocycles. The third kappa shape index (κ3) is 3.12. The third-order valence-corrected chi connectivity index (χ3v) is 3.88. The Morgan fingerprint density at radius 2 is 2.21 bits per heavy atom. The van der Waals surface area contributed by atoms with Crippen LogP contribution in [-0.4, -0.2) is 17.9 Å². The number of amides is 1. The molecule has 0 aliphatic carbocycles. The van der Waals surface area contributed by atoms with Crippen molar-refractivity contribution in [3.63, 3.8) is 0 Å². The van der Waals surface area contributed by atoms with E-state index in [1.807, 2.05) is 30.5 Å². The summed E-state index contributed by atoms with van der Waals surface area (Å²) in [5, 5.41) is 9.02. The van der Waals surface area contributed by atoms with Gasteiger partial charge in [0.2, 0.25) is 0 Å². The van der Waals surface area contributed by atoms with Gasteiger partial charge in [0.15, 0.2) is 0 Å². The van der Waals surface area contributed by atoms with Crippen LogP contribution in [0.15, 0.2) is 29.8 Å². The molecule has 2 N–H and O–H groups in total. The summed E-state index contributed by atoms with van der Waals surface area (Å²) in [6, 6.07) is 5.77. The summed E-state index contributed by atoms with van der Waals surface area (Å²) in [6.07, 6.45) is 1.80. The van der Waals surface area contributed by atoms with E-state index in [1.165, 1.54) is 0 Å². The quantitative estimate of drug-likeness (QED) is 0.902. The molecule has 0 aliphatic rings. The fraction of sp³-hybridized carbons (Fsp3) is 0.286. The van der Waals surface area contributed by atoms with Gasteiger partial charge in [-0.2, -0.15) is 0 Å². The molecule has 0 aliphatic heterocycles. The van der Waals surface area contributed by atoms with Crippen molar-refractivity contribution in [1.82, 2.24) is 10.3 Å². The van der Waals surface area contributed by atoms with Gasteiger partial charge in [0.1, 0.15) is 5.01 Å². The summed E-state index contributed by atoms with van der Waals surface area (Å²) in [4.78, 5) is 15.9. The number of carbonyl (C=O) groups excluding carboxylic acids is 1. The van der Waals surface area contributed by atoms with Gasteiger partial charge in [-0.05, 0) is 31.5 Å². The Hall–Kier alpha value is -1.88. The summed E-state index contributed by atoms with van der Waals surface area (Å²) < 4.78 is 0. The molecule has 2 aromatic rings. The number of nitrogens with zero attached hydrogens (tertiary/aromatic N) is 1. The van der Waals surface area contributed by atoms with Crippen LogP contribution < -0.4 is 10.6 Å². The molecular weight excluding hydrogens is 258 g/mol. The van der Waals surface area contributed by atoms with Crippen LogP contribution in [0.25, 0.3) is 0 Å². The highest BCUT2D eigenvalue weighted by atomic mass is 32.1. The van der Waals surface area contributed by atoms with Gasteiger partial charge in [-0.3, -0.25) is 4.79 Å². The lowest BCUT2D eigenvalue weighted by molar-refractivity contribution is 0.0963. The van der Waals surface area contributed by atoms with Gasteiger partial charge in [0.25, 0.3) is 5.91 Å². The molecule has 1 atom stereocenters. The van der Waals surface area contributed by atoms with Crippen LogP contribution in [-0.2, 0) is 0 Å². The molecular formula is C14H17N3OS. The van der Waals surface area contributed by atoms with E-state index in [1.54, 1.807) is 24.6 Å². The number of rotatable bonds is 4. The second kappa shape index (κ2) is 5.84. The molecule has 19 heavy (non-hydrogen) atoms. The topological polar surface area (TPSA) is 54.0 Å². The van der Waals surface area contributed by atoms with E-state index in [9.17, 15) is 4.79 Å². The van der Waals surface area contributed by atoms with Crippen molar-refractivity contribution in [2.24, 2.45) is 0 Å². The van der Waals surface area contributed by atoms with E-state index in [2.05, 4.69) is 22.5 Å². The van der Waals surface area contributed by atoms with Crippen LogP contribution in [0.4, 0.5) is 5.69 Å². The van der Waals surface area contributed by atoms with E-state index in [0.29, 0.717) is 5.56 Å². The maximum atomic E-state index is 11.6. The fourth-order valence-electron chi connectivity index (χ4n) is 1.81. The number of nitrogens with one attached hydrogen (secondary N) is 2. The van der Waals surface area contributed by atoms with Crippen LogP contribution in [0.3, 0.4) is 0 Å². The van der Waals surface area contributed by atoms with E-state index in [0.717, 1.165) is 16.3 Å². The third-order valence-electron chi connectivity index (χ3n) is 2.92. The molecule has 100 valence electrons. The lowest BCUT2D eigenvalue weighted by Gasteiger charge is -2.16. The van der Waals surface area contributed by atoms with Gasteiger partial charge in [0.05, 0.1) is 6.04 Å². The van der Waals surface area contributed by atoms with Gasteiger partial charge in [-0.1, -0.05) is 6.07 Å². The zero-order valence-electron chi connectivity index (χ0n) is 11.2. The Balaban J connectivity index is 2.22. The first-order valence-electron chi connectivity index (χ1n) is 6.10. The van der Waals surface area contributed by atoms with Crippen molar-refractivity contribution in [3.05, 3.63) is 45.9 Å². The Kier molecular flexibility index (Phi) is 4.16. The van der Waals surface area contributed by atoms with Gasteiger partial charge >= 0.3 is 0 Å². The zero-order valence-corrected chi connectivity index (χ0v) is 12.0. The van der Waals surface area contributed by atoms with E-state index >= 15 is 0 Å². The smallest absolute Gasteiger partial charge is 0.251 e. The standard InChI is InChI=1S/C14H17N3OS/c1-9-4-5-11(13(18)15-3)8-12(9)17-10(2)14-16-6-7-19-14/h4-8,10,17H,1-3H3,(H,15,18). The molecule has 0 spiro atoms. The Labute approximate surface area is 116 Å². The fourth-order valence-corrected chi connectivity index (χ4v) is 2.45. The summed E-state index contributed by atoms with van der Waals surface area (Å²) >= 11 is 1.62. The average Bonchev–Trinajstić information content (AvgIpc) is 2.94. The van der Waals surface area contributed by atoms with Gasteiger partial charge in [-0.25, -0.2) is 4.98 Å². The SMILES string of the molecule is CNC(=O)c1ccc(C)c(NC(C)c2nccs2)c1. The first kappa shape index (κ1) is 13.5. The first-order chi connectivity index (χ1) is 9.11. The van der Waals surface area contributed by atoms with Crippen molar-refractivity contribution in [2.75, 3.05) is 12.4 Å². The van der Waals surface area contributed by atoms with E-state index in [-0.39, 0.29) is 11.9 Å². The molecule has 4 nitrogen and oxygen atoms in total. The monoisotopic (exact) mass is 275 g/mol. The van der Waals surface area contributed by atoms with Crippen molar-refractivity contribution in [1.29, 1.82) is 0 Å². The average molecular weight is 275 g/mol. The lowest BCUT2D eigenvalue weighted by Crippen LogP contribution is -2.18. The Morgan fingerprint density at radius 3 is 2.84 bits per heavy atom. The van der Waals surface area contributed by atoms with Crippen LogP contribution in [0, 0.1) is 6.92 Å². The molecule has 0 bridgehead atoms. The van der Waals surface area contributed by atoms with Crippen LogP contribution >= 0.6 is 11.3 Å². The first-order valence-corrected chi connectivity index (χ1v) is 6.98. The summed E-state index contributed by atoms with van der Waals surface area (Å²) in [7, 11) is 1.63. The van der Waals surface area contributed by atoms with Crippen LogP contribution in [0.2, 0.25) is 0 Å². The largest absolute Gasteiger partial charge is 0.376 e. The maximum Gasteiger partial charge on any atom is 0.251 e.